The smallest absolute Gasteiger partial charge is 0.308 e. The van der Waals surface area contributed by atoms with Crippen molar-refractivity contribution in [1.29, 1.82) is 0 Å². The van der Waals surface area contributed by atoms with Crippen molar-refractivity contribution >= 4 is 11.9 Å². The molecule has 1 heterocycles. The number of aliphatic carboxylic acids is 1. The van der Waals surface area contributed by atoms with Crippen molar-refractivity contribution in [2.75, 3.05) is 13.1 Å². The van der Waals surface area contributed by atoms with E-state index in [-0.39, 0.29) is 11.3 Å². The standard InChI is InChI=1S/C16H19NO3/c18-14(19)12-5-4-10-17(11-12)15(20)16(8-9-16)13-6-2-1-3-7-13/h1-3,6-7,12H,4-5,8-11H2,(H,18,19). The molecular weight excluding hydrogens is 254 g/mol. The van der Waals surface area contributed by atoms with Crippen LogP contribution in [0.5, 0.6) is 0 Å². The maximum atomic E-state index is 12.8. The van der Waals surface area contributed by atoms with Gasteiger partial charge in [0.15, 0.2) is 0 Å². The number of benzene rings is 1. The molecule has 1 saturated carbocycles. The molecule has 1 atom stereocenters. The van der Waals surface area contributed by atoms with Crippen molar-refractivity contribution in [3.05, 3.63) is 35.9 Å². The molecule has 0 radical (unpaired) electrons. The molecule has 2 fully saturated rings. The predicted molar refractivity (Wildman–Crippen MR) is 74.3 cm³/mol. The van der Waals surface area contributed by atoms with Crippen LogP contribution in [0.3, 0.4) is 0 Å². The monoisotopic (exact) mass is 273 g/mol. The Morgan fingerprint density at radius 2 is 1.90 bits per heavy atom. The number of hydrogen-bond donors (Lipinski definition) is 1. The zero-order valence-corrected chi connectivity index (χ0v) is 11.4. The number of amides is 1. The van der Waals surface area contributed by atoms with E-state index < -0.39 is 11.9 Å². The Balaban J connectivity index is 1.77. The van der Waals surface area contributed by atoms with Crippen LogP contribution >= 0.6 is 0 Å². The van der Waals surface area contributed by atoms with Crippen molar-refractivity contribution in [2.24, 2.45) is 5.92 Å². The Bertz CT molecular complexity index is 522. The molecule has 1 amide bonds. The number of likely N-dealkylation sites (tertiary alicyclic amines) is 1. The number of carbonyl (C=O) groups is 2. The van der Waals surface area contributed by atoms with Crippen molar-refractivity contribution in [1.82, 2.24) is 4.90 Å². The van der Waals surface area contributed by atoms with Crippen molar-refractivity contribution in [3.8, 4) is 0 Å². The average Bonchev–Trinajstić information content (AvgIpc) is 3.29. The Hall–Kier alpha value is -1.84. The molecule has 2 aliphatic rings. The van der Waals surface area contributed by atoms with E-state index in [4.69, 9.17) is 5.11 Å². The number of rotatable bonds is 3. The van der Waals surface area contributed by atoms with Crippen LogP contribution in [0.4, 0.5) is 0 Å². The summed E-state index contributed by atoms with van der Waals surface area (Å²) >= 11 is 0. The van der Waals surface area contributed by atoms with E-state index in [0.717, 1.165) is 24.8 Å². The van der Waals surface area contributed by atoms with Gasteiger partial charge in [0, 0.05) is 13.1 Å². The fraction of sp³-hybridized carbons (Fsp3) is 0.500. The second-order valence-electron chi connectivity index (χ2n) is 5.88. The first-order valence-corrected chi connectivity index (χ1v) is 7.21. The Kier molecular flexibility index (Phi) is 3.24. The van der Waals surface area contributed by atoms with Crippen LogP contribution < -0.4 is 0 Å². The maximum Gasteiger partial charge on any atom is 0.308 e. The topological polar surface area (TPSA) is 57.6 Å². The van der Waals surface area contributed by atoms with Crippen molar-refractivity contribution in [3.63, 3.8) is 0 Å². The molecule has 4 nitrogen and oxygen atoms in total. The molecule has 1 N–H and O–H groups in total. The summed E-state index contributed by atoms with van der Waals surface area (Å²) in [6.45, 7) is 1.06. The van der Waals surface area contributed by atoms with E-state index >= 15 is 0 Å². The highest BCUT2D eigenvalue weighted by molar-refractivity contribution is 5.91. The number of carboxylic acid groups (broad SMARTS) is 1. The van der Waals surface area contributed by atoms with Crippen LogP contribution in [0.15, 0.2) is 30.3 Å². The van der Waals surface area contributed by atoms with Gasteiger partial charge in [-0.25, -0.2) is 0 Å². The molecule has 1 saturated heterocycles. The maximum absolute atomic E-state index is 12.8. The number of hydrogen-bond acceptors (Lipinski definition) is 2. The molecule has 0 spiro atoms. The highest BCUT2D eigenvalue weighted by Gasteiger charge is 2.53. The number of nitrogens with zero attached hydrogens (tertiary/aromatic N) is 1. The molecule has 1 unspecified atom stereocenters. The molecule has 1 aromatic rings. The minimum absolute atomic E-state index is 0.120. The summed E-state index contributed by atoms with van der Waals surface area (Å²) in [4.78, 5) is 25.7. The summed E-state index contributed by atoms with van der Waals surface area (Å²) in [6, 6.07) is 9.87. The Morgan fingerprint density at radius 3 is 2.50 bits per heavy atom. The van der Waals surface area contributed by atoms with Gasteiger partial charge in [0.1, 0.15) is 0 Å². The van der Waals surface area contributed by atoms with Gasteiger partial charge in [-0.15, -0.1) is 0 Å². The van der Waals surface area contributed by atoms with Crippen LogP contribution in [0.1, 0.15) is 31.2 Å². The SMILES string of the molecule is O=C(O)C1CCCN(C(=O)C2(c3ccccc3)CC2)C1. The van der Waals surface area contributed by atoms with Gasteiger partial charge in [-0.3, -0.25) is 9.59 Å². The summed E-state index contributed by atoms with van der Waals surface area (Å²) < 4.78 is 0. The fourth-order valence-electron chi connectivity index (χ4n) is 3.17. The van der Waals surface area contributed by atoms with E-state index in [2.05, 4.69) is 0 Å². The largest absolute Gasteiger partial charge is 0.481 e. The summed E-state index contributed by atoms with van der Waals surface area (Å²) in [5, 5.41) is 9.14. The van der Waals surface area contributed by atoms with Crippen molar-refractivity contribution in [2.45, 2.75) is 31.1 Å². The minimum atomic E-state index is -0.785. The van der Waals surface area contributed by atoms with Crippen LogP contribution in [0.2, 0.25) is 0 Å². The summed E-state index contributed by atoms with van der Waals surface area (Å²) in [5.74, 6) is -1.07. The van der Waals surface area contributed by atoms with Crippen molar-refractivity contribution < 1.29 is 14.7 Å². The lowest BCUT2D eigenvalue weighted by atomic mass is 9.91. The molecule has 1 aromatic carbocycles. The summed E-state index contributed by atoms with van der Waals surface area (Å²) in [6.07, 6.45) is 3.22. The minimum Gasteiger partial charge on any atom is -0.481 e. The summed E-state index contributed by atoms with van der Waals surface area (Å²) in [7, 11) is 0. The Morgan fingerprint density at radius 1 is 1.20 bits per heavy atom. The molecule has 0 aromatic heterocycles. The van der Waals surface area contributed by atoms with E-state index in [1.807, 2.05) is 30.3 Å². The summed E-state index contributed by atoms with van der Waals surface area (Å²) in [5.41, 5.74) is 0.698. The van der Waals surface area contributed by atoms with E-state index in [0.29, 0.717) is 19.5 Å². The van der Waals surface area contributed by atoms with E-state index in [1.165, 1.54) is 0 Å². The van der Waals surface area contributed by atoms with Gasteiger partial charge < -0.3 is 10.0 Å². The first kappa shape index (κ1) is 13.2. The molecule has 3 rings (SSSR count). The molecule has 1 aliphatic heterocycles. The normalized spacial score (nSPS) is 24.2. The van der Waals surface area contributed by atoms with Gasteiger partial charge in [-0.1, -0.05) is 30.3 Å². The zero-order chi connectivity index (χ0) is 14.2. The van der Waals surface area contributed by atoms with Crippen LogP contribution in [-0.4, -0.2) is 35.0 Å². The van der Waals surface area contributed by atoms with E-state index in [1.54, 1.807) is 4.90 Å². The van der Waals surface area contributed by atoms with Gasteiger partial charge in [0.05, 0.1) is 11.3 Å². The third-order valence-corrected chi connectivity index (χ3v) is 4.54. The first-order chi connectivity index (χ1) is 9.63. The number of carbonyl (C=O) groups excluding carboxylic acids is 1. The lowest BCUT2D eigenvalue weighted by Crippen LogP contribution is -2.46. The fourth-order valence-corrected chi connectivity index (χ4v) is 3.17. The van der Waals surface area contributed by atoms with Gasteiger partial charge in [-0.2, -0.15) is 0 Å². The van der Waals surface area contributed by atoms with E-state index in [9.17, 15) is 9.59 Å². The van der Waals surface area contributed by atoms with Gasteiger partial charge >= 0.3 is 5.97 Å². The Labute approximate surface area is 118 Å². The van der Waals surface area contributed by atoms with Gasteiger partial charge in [0.25, 0.3) is 0 Å². The zero-order valence-electron chi connectivity index (χ0n) is 11.4. The van der Waals surface area contributed by atoms with Crippen LogP contribution in [-0.2, 0) is 15.0 Å². The molecule has 4 heteroatoms. The third kappa shape index (κ3) is 2.19. The second-order valence-corrected chi connectivity index (χ2v) is 5.88. The highest BCUT2D eigenvalue weighted by Crippen LogP contribution is 2.49. The molecule has 106 valence electrons. The number of piperidine rings is 1. The molecule has 1 aliphatic carbocycles. The molecule has 0 bridgehead atoms. The first-order valence-electron chi connectivity index (χ1n) is 7.21. The second kappa shape index (κ2) is 4.93. The molecule has 20 heavy (non-hydrogen) atoms. The lowest BCUT2D eigenvalue weighted by Gasteiger charge is -2.33. The quantitative estimate of drug-likeness (QED) is 0.917. The highest BCUT2D eigenvalue weighted by atomic mass is 16.4. The third-order valence-electron chi connectivity index (χ3n) is 4.54. The lowest BCUT2D eigenvalue weighted by molar-refractivity contribution is -0.146. The number of carboxylic acids is 1. The molecular formula is C16H19NO3. The van der Waals surface area contributed by atoms with Crippen LogP contribution in [0.25, 0.3) is 0 Å². The average molecular weight is 273 g/mol. The predicted octanol–water partition coefficient (Wildman–Crippen LogP) is 2.04. The van der Waals surface area contributed by atoms with Gasteiger partial charge in [-0.05, 0) is 31.2 Å². The van der Waals surface area contributed by atoms with Gasteiger partial charge in [0.2, 0.25) is 5.91 Å². The van der Waals surface area contributed by atoms with Crippen LogP contribution in [0, 0.1) is 5.92 Å².